The van der Waals surface area contributed by atoms with Crippen molar-refractivity contribution in [2.75, 3.05) is 13.1 Å². The molecule has 1 saturated heterocycles. The quantitative estimate of drug-likeness (QED) is 0.788. The summed E-state index contributed by atoms with van der Waals surface area (Å²) in [4.78, 5) is 27.3. The lowest BCUT2D eigenvalue weighted by molar-refractivity contribution is -0.133. The van der Waals surface area contributed by atoms with Gasteiger partial charge in [0, 0.05) is 24.7 Å². The molecule has 3 aromatic rings. The van der Waals surface area contributed by atoms with E-state index in [9.17, 15) is 4.79 Å². The van der Waals surface area contributed by atoms with Crippen LogP contribution in [0.25, 0.3) is 11.0 Å². The highest BCUT2D eigenvalue weighted by atomic mass is 16.2. The zero-order valence-electron chi connectivity index (χ0n) is 15.6. The second kappa shape index (κ2) is 6.59. The summed E-state index contributed by atoms with van der Waals surface area (Å²) in [6.45, 7) is 7.97. The summed E-state index contributed by atoms with van der Waals surface area (Å²) in [6, 6.07) is 6.27. The van der Waals surface area contributed by atoms with Crippen LogP contribution >= 0.6 is 0 Å². The van der Waals surface area contributed by atoms with Gasteiger partial charge < -0.3 is 14.5 Å². The minimum Gasteiger partial charge on any atom is -0.342 e. The van der Waals surface area contributed by atoms with Crippen molar-refractivity contribution < 1.29 is 4.79 Å². The fourth-order valence-electron chi connectivity index (χ4n) is 3.71. The van der Waals surface area contributed by atoms with Crippen LogP contribution in [-0.2, 0) is 11.3 Å². The third kappa shape index (κ3) is 3.11. The number of nitrogens with zero attached hydrogens (tertiary/aromatic N) is 4. The van der Waals surface area contributed by atoms with Gasteiger partial charge in [-0.05, 0) is 51.3 Å². The number of aromatic amines is 1. The van der Waals surface area contributed by atoms with Gasteiger partial charge in [0.15, 0.2) is 0 Å². The molecule has 1 fully saturated rings. The van der Waals surface area contributed by atoms with E-state index in [1.54, 1.807) is 6.33 Å². The maximum absolute atomic E-state index is 12.8. The van der Waals surface area contributed by atoms with Gasteiger partial charge in [-0.3, -0.25) is 4.79 Å². The molecule has 3 heterocycles. The summed E-state index contributed by atoms with van der Waals surface area (Å²) in [7, 11) is 0. The zero-order chi connectivity index (χ0) is 18.3. The minimum atomic E-state index is 0.155. The third-order valence-electron chi connectivity index (χ3n) is 5.47. The van der Waals surface area contributed by atoms with Gasteiger partial charge >= 0.3 is 0 Å². The molecule has 1 aliphatic rings. The molecule has 0 radical (unpaired) electrons. The van der Waals surface area contributed by atoms with Crippen molar-refractivity contribution >= 4 is 16.9 Å². The number of carbonyl (C=O) groups is 1. The maximum Gasteiger partial charge on any atom is 0.242 e. The number of fused-ring (bicyclic) bond motifs is 1. The molecule has 136 valence electrons. The van der Waals surface area contributed by atoms with Crippen molar-refractivity contribution in [3.63, 3.8) is 0 Å². The number of nitrogens with one attached hydrogen (secondary N) is 1. The number of aryl methyl sites for hydroxylation is 2. The van der Waals surface area contributed by atoms with Crippen LogP contribution in [-0.4, -0.2) is 43.4 Å². The fraction of sp³-hybridized carbons (Fsp3) is 0.450. The van der Waals surface area contributed by atoms with E-state index in [0.717, 1.165) is 54.2 Å². The van der Waals surface area contributed by atoms with Crippen LogP contribution in [0.4, 0.5) is 0 Å². The number of likely N-dealkylation sites (tertiary alicyclic amines) is 1. The summed E-state index contributed by atoms with van der Waals surface area (Å²) in [6.07, 6.45) is 3.83. The summed E-state index contributed by atoms with van der Waals surface area (Å²) in [5.41, 5.74) is 5.33. The summed E-state index contributed by atoms with van der Waals surface area (Å²) >= 11 is 0. The van der Waals surface area contributed by atoms with Crippen molar-refractivity contribution in [1.82, 2.24) is 24.4 Å². The average molecular weight is 351 g/mol. The van der Waals surface area contributed by atoms with Gasteiger partial charge in [0.1, 0.15) is 12.4 Å². The van der Waals surface area contributed by atoms with E-state index in [0.29, 0.717) is 6.54 Å². The maximum atomic E-state index is 12.8. The third-order valence-corrected chi connectivity index (χ3v) is 5.47. The van der Waals surface area contributed by atoms with E-state index < -0.39 is 0 Å². The van der Waals surface area contributed by atoms with E-state index >= 15 is 0 Å². The van der Waals surface area contributed by atoms with Crippen molar-refractivity contribution in [2.24, 2.45) is 0 Å². The van der Waals surface area contributed by atoms with Crippen molar-refractivity contribution in [2.45, 2.75) is 46.1 Å². The number of hydrogen-bond acceptors (Lipinski definition) is 3. The monoisotopic (exact) mass is 351 g/mol. The minimum absolute atomic E-state index is 0.155. The summed E-state index contributed by atoms with van der Waals surface area (Å²) < 4.78 is 1.94. The predicted octanol–water partition coefficient (Wildman–Crippen LogP) is 3.09. The molecular weight excluding hydrogens is 326 g/mol. The lowest BCUT2D eigenvalue weighted by Crippen LogP contribution is -2.41. The van der Waals surface area contributed by atoms with Gasteiger partial charge in [-0.15, -0.1) is 0 Å². The number of H-pyrrole nitrogens is 1. The SMILES string of the molecule is Cc1ccc2nc([C@@H]3CCCN(C(=O)Cn4cnc(C)c4C)C3)[nH]c2c1. The largest absolute Gasteiger partial charge is 0.342 e. The fourth-order valence-corrected chi connectivity index (χ4v) is 3.71. The Balaban J connectivity index is 1.49. The first kappa shape index (κ1) is 16.8. The van der Waals surface area contributed by atoms with Gasteiger partial charge in [-0.1, -0.05) is 6.07 Å². The number of amides is 1. The number of imidazole rings is 2. The van der Waals surface area contributed by atoms with E-state index in [-0.39, 0.29) is 11.8 Å². The first-order chi connectivity index (χ1) is 12.5. The molecule has 2 aromatic heterocycles. The second-order valence-electron chi connectivity index (χ2n) is 7.36. The Kier molecular flexibility index (Phi) is 4.26. The number of piperidine rings is 1. The van der Waals surface area contributed by atoms with E-state index in [4.69, 9.17) is 4.98 Å². The Morgan fingerprint density at radius 2 is 2.15 bits per heavy atom. The Morgan fingerprint density at radius 1 is 1.31 bits per heavy atom. The molecule has 0 spiro atoms. The Labute approximate surface area is 153 Å². The Hall–Kier alpha value is -2.63. The van der Waals surface area contributed by atoms with Crippen LogP contribution < -0.4 is 0 Å². The van der Waals surface area contributed by atoms with Crippen LogP contribution in [0.5, 0.6) is 0 Å². The highest BCUT2D eigenvalue weighted by molar-refractivity contribution is 5.77. The number of rotatable bonds is 3. The average Bonchev–Trinajstić information content (AvgIpc) is 3.20. The van der Waals surface area contributed by atoms with Crippen LogP contribution in [0.15, 0.2) is 24.5 Å². The normalized spacial score (nSPS) is 17.8. The molecule has 0 bridgehead atoms. The van der Waals surface area contributed by atoms with E-state index in [1.807, 2.05) is 23.3 Å². The molecule has 6 heteroatoms. The number of carbonyl (C=O) groups excluding carboxylic acids is 1. The molecule has 1 aromatic carbocycles. The lowest BCUT2D eigenvalue weighted by Gasteiger charge is -2.32. The van der Waals surface area contributed by atoms with Crippen molar-refractivity contribution in [3.8, 4) is 0 Å². The smallest absolute Gasteiger partial charge is 0.242 e. The Morgan fingerprint density at radius 3 is 2.92 bits per heavy atom. The van der Waals surface area contributed by atoms with Gasteiger partial charge in [-0.25, -0.2) is 9.97 Å². The van der Waals surface area contributed by atoms with Gasteiger partial charge in [0.05, 0.1) is 23.1 Å². The molecular formula is C20H25N5O. The summed E-state index contributed by atoms with van der Waals surface area (Å²) in [5, 5.41) is 0. The number of aromatic nitrogens is 4. The second-order valence-corrected chi connectivity index (χ2v) is 7.36. The molecule has 1 N–H and O–H groups in total. The molecule has 1 atom stereocenters. The van der Waals surface area contributed by atoms with Gasteiger partial charge in [0.2, 0.25) is 5.91 Å². The van der Waals surface area contributed by atoms with Crippen LogP contribution in [0, 0.1) is 20.8 Å². The zero-order valence-corrected chi connectivity index (χ0v) is 15.6. The molecule has 0 aliphatic carbocycles. The standard InChI is InChI=1S/C20H25N5O/c1-13-6-7-17-18(9-13)23-20(22-17)16-5-4-8-24(10-16)19(26)11-25-12-21-14(2)15(25)3/h6-7,9,12,16H,4-5,8,10-11H2,1-3H3,(H,22,23)/t16-/m1/s1. The number of benzene rings is 1. The summed E-state index contributed by atoms with van der Waals surface area (Å²) in [5.74, 6) is 1.42. The molecule has 0 unspecified atom stereocenters. The molecule has 1 amide bonds. The number of hydrogen-bond donors (Lipinski definition) is 1. The molecule has 4 rings (SSSR count). The predicted molar refractivity (Wildman–Crippen MR) is 101 cm³/mol. The van der Waals surface area contributed by atoms with E-state index in [1.165, 1.54) is 5.56 Å². The topological polar surface area (TPSA) is 66.8 Å². The van der Waals surface area contributed by atoms with Crippen molar-refractivity contribution in [3.05, 3.63) is 47.3 Å². The van der Waals surface area contributed by atoms with Gasteiger partial charge in [-0.2, -0.15) is 0 Å². The molecule has 1 aliphatic heterocycles. The lowest BCUT2D eigenvalue weighted by atomic mass is 9.97. The van der Waals surface area contributed by atoms with Crippen LogP contribution in [0.2, 0.25) is 0 Å². The van der Waals surface area contributed by atoms with Gasteiger partial charge in [0.25, 0.3) is 0 Å². The highest BCUT2D eigenvalue weighted by Gasteiger charge is 2.27. The molecule has 0 saturated carbocycles. The Bertz CT molecular complexity index is 954. The highest BCUT2D eigenvalue weighted by Crippen LogP contribution is 2.27. The van der Waals surface area contributed by atoms with Crippen LogP contribution in [0.1, 0.15) is 41.5 Å². The van der Waals surface area contributed by atoms with Crippen molar-refractivity contribution in [1.29, 1.82) is 0 Å². The van der Waals surface area contributed by atoms with Crippen LogP contribution in [0.3, 0.4) is 0 Å². The van der Waals surface area contributed by atoms with E-state index in [2.05, 4.69) is 35.1 Å². The first-order valence-electron chi connectivity index (χ1n) is 9.23. The molecule has 6 nitrogen and oxygen atoms in total. The first-order valence-corrected chi connectivity index (χ1v) is 9.23. The molecule has 26 heavy (non-hydrogen) atoms.